The minimum absolute atomic E-state index is 0.0599. The van der Waals surface area contributed by atoms with Gasteiger partial charge in [-0.15, -0.1) is 0 Å². The highest BCUT2D eigenvalue weighted by atomic mass is 16.7. The Morgan fingerprint density at radius 1 is 1.12 bits per heavy atom. The van der Waals surface area contributed by atoms with Gasteiger partial charge in [-0.1, -0.05) is 24.3 Å². The summed E-state index contributed by atoms with van der Waals surface area (Å²) >= 11 is 0. The summed E-state index contributed by atoms with van der Waals surface area (Å²) in [6.07, 6.45) is 0. The molecule has 3 rings (SSSR count). The van der Waals surface area contributed by atoms with Crippen molar-refractivity contribution in [1.29, 1.82) is 0 Å². The first kappa shape index (κ1) is 16.8. The van der Waals surface area contributed by atoms with Crippen LogP contribution in [0.5, 0.6) is 11.5 Å². The molecular formula is C19H20N2O4. The Morgan fingerprint density at radius 3 is 2.68 bits per heavy atom. The van der Waals surface area contributed by atoms with Crippen LogP contribution in [-0.2, 0) is 11.3 Å². The van der Waals surface area contributed by atoms with E-state index in [0.29, 0.717) is 23.6 Å². The molecule has 0 radical (unpaired) electrons. The highest BCUT2D eigenvalue weighted by Gasteiger charge is 2.17. The van der Waals surface area contributed by atoms with Crippen LogP contribution in [-0.4, -0.2) is 37.1 Å². The van der Waals surface area contributed by atoms with E-state index in [-0.39, 0.29) is 25.2 Å². The molecule has 0 fully saturated rings. The smallest absolute Gasteiger partial charge is 0.251 e. The number of ether oxygens (including phenoxy) is 2. The van der Waals surface area contributed by atoms with E-state index in [2.05, 4.69) is 5.32 Å². The molecule has 1 aliphatic heterocycles. The molecule has 2 amide bonds. The zero-order valence-electron chi connectivity index (χ0n) is 14.2. The number of likely N-dealkylation sites (N-methyl/N-ethyl adjacent to an activating group) is 1. The molecule has 0 aromatic heterocycles. The summed E-state index contributed by atoms with van der Waals surface area (Å²) in [5.74, 6) is 0.675. The van der Waals surface area contributed by atoms with E-state index in [1.54, 1.807) is 30.1 Å². The van der Waals surface area contributed by atoms with Crippen LogP contribution in [0.4, 0.5) is 0 Å². The van der Waals surface area contributed by atoms with Crippen LogP contribution in [0.25, 0.3) is 0 Å². The molecule has 2 aromatic carbocycles. The van der Waals surface area contributed by atoms with Gasteiger partial charge in [-0.2, -0.15) is 0 Å². The maximum Gasteiger partial charge on any atom is 0.251 e. The second-order valence-corrected chi connectivity index (χ2v) is 5.93. The second-order valence-electron chi connectivity index (χ2n) is 5.93. The predicted molar refractivity (Wildman–Crippen MR) is 92.6 cm³/mol. The monoisotopic (exact) mass is 340 g/mol. The molecule has 0 saturated heterocycles. The van der Waals surface area contributed by atoms with Crippen LogP contribution in [0.1, 0.15) is 21.5 Å². The van der Waals surface area contributed by atoms with Crippen molar-refractivity contribution in [2.45, 2.75) is 13.5 Å². The lowest BCUT2D eigenvalue weighted by Crippen LogP contribution is -2.37. The quantitative estimate of drug-likeness (QED) is 0.905. The Bertz CT molecular complexity index is 804. The molecule has 0 bridgehead atoms. The highest BCUT2D eigenvalue weighted by molar-refractivity contribution is 5.97. The zero-order chi connectivity index (χ0) is 17.8. The Balaban J connectivity index is 1.54. The summed E-state index contributed by atoms with van der Waals surface area (Å²) in [5, 5.41) is 2.64. The number of carbonyl (C=O) groups excluding carboxylic acids is 2. The van der Waals surface area contributed by atoms with Crippen molar-refractivity contribution in [2.24, 2.45) is 0 Å². The van der Waals surface area contributed by atoms with Gasteiger partial charge in [0.1, 0.15) is 0 Å². The predicted octanol–water partition coefficient (Wildman–Crippen LogP) is 2.11. The molecule has 0 aliphatic carbocycles. The number of nitrogens with one attached hydrogen (secondary N) is 1. The summed E-state index contributed by atoms with van der Waals surface area (Å²) in [4.78, 5) is 26.1. The Labute approximate surface area is 146 Å². The van der Waals surface area contributed by atoms with Gasteiger partial charge in [0.05, 0.1) is 6.54 Å². The molecule has 6 nitrogen and oxygen atoms in total. The molecule has 130 valence electrons. The van der Waals surface area contributed by atoms with Gasteiger partial charge in [0.25, 0.3) is 5.91 Å². The van der Waals surface area contributed by atoms with Gasteiger partial charge in [0.2, 0.25) is 12.7 Å². The van der Waals surface area contributed by atoms with Crippen molar-refractivity contribution in [1.82, 2.24) is 10.2 Å². The fourth-order valence-corrected chi connectivity index (χ4v) is 2.56. The molecule has 1 heterocycles. The van der Waals surface area contributed by atoms with Crippen LogP contribution >= 0.6 is 0 Å². The van der Waals surface area contributed by atoms with E-state index in [9.17, 15) is 9.59 Å². The molecule has 1 N–H and O–H groups in total. The van der Waals surface area contributed by atoms with Gasteiger partial charge in [-0.3, -0.25) is 9.59 Å². The van der Waals surface area contributed by atoms with Gasteiger partial charge in [0, 0.05) is 19.2 Å². The maximum absolute atomic E-state index is 12.2. The second kappa shape index (κ2) is 7.25. The average Bonchev–Trinajstić information content (AvgIpc) is 3.08. The Hall–Kier alpha value is -3.02. The van der Waals surface area contributed by atoms with Crippen molar-refractivity contribution in [2.75, 3.05) is 20.4 Å². The molecule has 0 saturated carbocycles. The van der Waals surface area contributed by atoms with Crippen LogP contribution in [0, 0.1) is 6.92 Å². The largest absolute Gasteiger partial charge is 0.454 e. The number of amides is 2. The first-order valence-electron chi connectivity index (χ1n) is 8.01. The number of aryl methyl sites for hydroxylation is 1. The molecule has 25 heavy (non-hydrogen) atoms. The lowest BCUT2D eigenvalue weighted by molar-refractivity contribution is -0.129. The number of nitrogens with zero attached hydrogens (tertiary/aromatic N) is 1. The number of hydrogen-bond donors (Lipinski definition) is 1. The number of fused-ring (bicyclic) bond motifs is 1. The van der Waals surface area contributed by atoms with E-state index in [0.717, 1.165) is 11.1 Å². The molecule has 2 aromatic rings. The minimum Gasteiger partial charge on any atom is -0.454 e. The number of hydrogen-bond acceptors (Lipinski definition) is 4. The SMILES string of the molecule is Cc1ccccc1CN(C)C(=O)CNC(=O)c1ccc2c(c1)OCO2. The van der Waals surface area contributed by atoms with Gasteiger partial charge >= 0.3 is 0 Å². The van der Waals surface area contributed by atoms with Crippen LogP contribution in [0.15, 0.2) is 42.5 Å². The zero-order valence-corrected chi connectivity index (χ0v) is 14.2. The normalized spacial score (nSPS) is 11.9. The summed E-state index contributed by atoms with van der Waals surface area (Å²) in [6.45, 7) is 2.61. The summed E-state index contributed by atoms with van der Waals surface area (Å²) in [7, 11) is 1.72. The third-order valence-electron chi connectivity index (χ3n) is 4.13. The molecule has 0 unspecified atom stereocenters. The molecule has 0 spiro atoms. The summed E-state index contributed by atoms with van der Waals surface area (Å²) < 4.78 is 10.5. The van der Waals surface area contributed by atoms with Gasteiger partial charge < -0.3 is 19.7 Å². The maximum atomic E-state index is 12.2. The third-order valence-corrected chi connectivity index (χ3v) is 4.13. The first-order valence-corrected chi connectivity index (χ1v) is 8.01. The van der Waals surface area contributed by atoms with E-state index >= 15 is 0 Å². The van der Waals surface area contributed by atoms with Gasteiger partial charge in [0.15, 0.2) is 11.5 Å². The number of benzene rings is 2. The summed E-state index contributed by atoms with van der Waals surface area (Å²) in [6, 6.07) is 12.8. The van der Waals surface area contributed by atoms with Crippen LogP contribution < -0.4 is 14.8 Å². The fourth-order valence-electron chi connectivity index (χ4n) is 2.56. The van der Waals surface area contributed by atoms with Gasteiger partial charge in [-0.25, -0.2) is 0 Å². The van der Waals surface area contributed by atoms with E-state index in [1.807, 2.05) is 31.2 Å². The van der Waals surface area contributed by atoms with Gasteiger partial charge in [-0.05, 0) is 36.2 Å². The van der Waals surface area contributed by atoms with Crippen molar-refractivity contribution >= 4 is 11.8 Å². The third kappa shape index (κ3) is 3.91. The van der Waals surface area contributed by atoms with E-state index in [1.165, 1.54) is 0 Å². The Morgan fingerprint density at radius 2 is 1.88 bits per heavy atom. The van der Waals surface area contributed by atoms with E-state index in [4.69, 9.17) is 9.47 Å². The van der Waals surface area contributed by atoms with Crippen molar-refractivity contribution in [3.63, 3.8) is 0 Å². The molecule has 0 atom stereocenters. The highest BCUT2D eigenvalue weighted by Crippen LogP contribution is 2.32. The lowest BCUT2D eigenvalue weighted by Gasteiger charge is -2.18. The van der Waals surface area contributed by atoms with Crippen molar-refractivity contribution < 1.29 is 19.1 Å². The number of carbonyl (C=O) groups is 2. The standard InChI is InChI=1S/C19H20N2O4/c1-13-5-3-4-6-15(13)11-21(2)18(22)10-20-19(23)14-7-8-16-17(9-14)25-12-24-16/h3-9H,10-12H2,1-2H3,(H,20,23). The molecule has 6 heteroatoms. The lowest BCUT2D eigenvalue weighted by atomic mass is 10.1. The average molecular weight is 340 g/mol. The van der Waals surface area contributed by atoms with E-state index < -0.39 is 0 Å². The van der Waals surface area contributed by atoms with Crippen molar-refractivity contribution in [3.05, 3.63) is 59.2 Å². The van der Waals surface area contributed by atoms with Crippen molar-refractivity contribution in [3.8, 4) is 11.5 Å². The minimum atomic E-state index is -0.323. The number of rotatable bonds is 5. The summed E-state index contributed by atoms with van der Waals surface area (Å²) in [5.41, 5.74) is 2.64. The first-order chi connectivity index (χ1) is 12.0. The Kier molecular flexibility index (Phi) is 4.88. The van der Waals surface area contributed by atoms with Crippen LogP contribution in [0.2, 0.25) is 0 Å². The molecular weight excluding hydrogens is 320 g/mol. The fraction of sp³-hybridized carbons (Fsp3) is 0.263. The topological polar surface area (TPSA) is 67.9 Å². The van der Waals surface area contributed by atoms with Crippen LogP contribution in [0.3, 0.4) is 0 Å². The molecule has 1 aliphatic rings.